The molecule has 0 saturated carbocycles. The number of hydrogen-bond donors (Lipinski definition) is 1. The Labute approximate surface area is 195 Å². The van der Waals surface area contributed by atoms with Crippen molar-refractivity contribution in [1.82, 2.24) is 0 Å². The quantitative estimate of drug-likeness (QED) is 0.0683. The minimum Gasteiger partial charge on any atom is -0.436 e. The Morgan fingerprint density at radius 3 is 2.03 bits per heavy atom. The lowest BCUT2D eigenvalue weighted by atomic mass is 10.1. The minimum atomic E-state index is -4.77. The lowest BCUT2D eigenvalue weighted by Gasteiger charge is -2.28. The zero-order chi connectivity index (χ0) is 24.8. The molecule has 7 nitrogen and oxygen atoms in total. The van der Waals surface area contributed by atoms with Crippen LogP contribution in [0, 0.1) is 0 Å². The van der Waals surface area contributed by atoms with E-state index in [9.17, 15) is 22.3 Å². The Morgan fingerprint density at radius 1 is 1.03 bits per heavy atom. The van der Waals surface area contributed by atoms with Crippen molar-refractivity contribution < 1.29 is 31.8 Å². The molecule has 0 bridgehead atoms. The van der Waals surface area contributed by atoms with Crippen LogP contribution in [0.1, 0.15) is 92.9 Å². The summed E-state index contributed by atoms with van der Waals surface area (Å²) in [5, 5.41) is 0. The van der Waals surface area contributed by atoms with Crippen molar-refractivity contribution in [2.75, 3.05) is 0 Å². The first-order chi connectivity index (χ1) is 14.9. The summed E-state index contributed by atoms with van der Waals surface area (Å²) in [6.07, 6.45) is 10.0. The second-order valence-corrected chi connectivity index (χ2v) is 11.5. The first-order valence-corrected chi connectivity index (χ1v) is 13.6. The standard InChI is InChI=1S/C23H41O7PS/c1-7-22(24)29-21(6)30-23(31-25,32(26,27)28)17-9-8-13-19(4)15-11-16-20(5)14-10-12-18(2)3/h12-13,16,21H,7-11,14-15,17,31H2,1-6H3,(H,26,27,28). The van der Waals surface area contributed by atoms with Crippen LogP contribution in [0.5, 0.6) is 0 Å². The third kappa shape index (κ3) is 12.7. The van der Waals surface area contributed by atoms with Gasteiger partial charge in [0.05, 0.1) is 0 Å². The molecule has 0 heterocycles. The highest BCUT2D eigenvalue weighted by Gasteiger charge is 2.45. The number of hydrogen-bond acceptors (Lipinski definition) is 6. The van der Waals surface area contributed by atoms with Gasteiger partial charge in [-0.05, 0) is 73.1 Å². The molecule has 32 heavy (non-hydrogen) atoms. The Balaban J connectivity index is 4.77. The largest absolute Gasteiger partial charge is 0.436 e. The van der Waals surface area contributed by atoms with Crippen LogP contribution in [0.15, 0.2) is 34.9 Å². The van der Waals surface area contributed by atoms with E-state index < -0.39 is 35.5 Å². The first kappa shape index (κ1) is 30.8. The molecule has 3 atom stereocenters. The monoisotopic (exact) mass is 492 g/mol. The van der Waals surface area contributed by atoms with Crippen molar-refractivity contribution in [1.29, 1.82) is 0 Å². The van der Waals surface area contributed by atoms with E-state index in [0.717, 1.165) is 25.7 Å². The zero-order valence-corrected chi connectivity index (χ0v) is 22.3. The van der Waals surface area contributed by atoms with E-state index >= 15 is 0 Å². The summed E-state index contributed by atoms with van der Waals surface area (Å²) in [6.45, 7) is 11.3. The first-order valence-electron chi connectivity index (χ1n) is 11.1. The highest BCUT2D eigenvalue weighted by molar-refractivity contribution is 7.91. The van der Waals surface area contributed by atoms with Gasteiger partial charge in [-0.3, -0.25) is 9.35 Å². The van der Waals surface area contributed by atoms with E-state index in [1.54, 1.807) is 6.92 Å². The summed E-state index contributed by atoms with van der Waals surface area (Å²) in [4.78, 5) is 11.4. The average Bonchev–Trinajstić information content (AvgIpc) is 2.68. The molecule has 3 unspecified atom stereocenters. The molecule has 0 radical (unpaired) electrons. The van der Waals surface area contributed by atoms with E-state index in [0.29, 0.717) is 12.8 Å². The fourth-order valence-corrected chi connectivity index (χ4v) is 4.72. The van der Waals surface area contributed by atoms with Crippen LogP contribution in [0.3, 0.4) is 0 Å². The molecular formula is C23H41O7PS. The van der Waals surface area contributed by atoms with Crippen molar-refractivity contribution in [2.24, 2.45) is 0 Å². The highest BCUT2D eigenvalue weighted by Crippen LogP contribution is 2.37. The predicted octanol–water partition coefficient (Wildman–Crippen LogP) is 6.19. The summed E-state index contributed by atoms with van der Waals surface area (Å²) in [6, 6.07) is 0. The van der Waals surface area contributed by atoms with Crippen LogP contribution >= 0.6 is 8.46 Å². The maximum atomic E-state index is 11.9. The SMILES string of the molecule is CCC(=O)OC(C)OC(CCCC=C(C)CCC=C(C)CCC=C(C)C)([PH2]=O)S(=O)(=O)O. The number of esters is 1. The third-order valence-electron chi connectivity index (χ3n) is 4.91. The topological polar surface area (TPSA) is 107 Å². The number of unbranched alkanes of at least 4 members (excludes halogenated alkanes) is 1. The minimum absolute atomic E-state index is 0.0883. The van der Waals surface area contributed by atoms with Crippen LogP contribution in [-0.4, -0.2) is 29.9 Å². The molecule has 0 aliphatic heterocycles. The maximum absolute atomic E-state index is 11.9. The average molecular weight is 493 g/mol. The molecule has 0 aromatic rings. The van der Waals surface area contributed by atoms with Gasteiger partial charge in [0.2, 0.25) is 11.0 Å². The molecule has 9 heteroatoms. The molecule has 0 aromatic carbocycles. The molecule has 186 valence electrons. The van der Waals surface area contributed by atoms with Crippen molar-refractivity contribution in [3.8, 4) is 0 Å². The van der Waals surface area contributed by atoms with Crippen molar-refractivity contribution in [2.45, 2.75) is 104 Å². The van der Waals surface area contributed by atoms with Gasteiger partial charge in [-0.25, -0.2) is 0 Å². The summed E-state index contributed by atoms with van der Waals surface area (Å²) in [7, 11) is -6.80. The Morgan fingerprint density at radius 2 is 1.56 bits per heavy atom. The highest BCUT2D eigenvalue weighted by atomic mass is 32.2. The van der Waals surface area contributed by atoms with E-state index in [-0.39, 0.29) is 12.8 Å². The number of allylic oxidation sites excluding steroid dienone is 6. The lowest BCUT2D eigenvalue weighted by Crippen LogP contribution is -2.39. The van der Waals surface area contributed by atoms with E-state index in [1.165, 1.54) is 23.6 Å². The molecule has 0 amide bonds. The van der Waals surface area contributed by atoms with Gasteiger partial charge >= 0.3 is 16.1 Å². The van der Waals surface area contributed by atoms with Crippen LogP contribution in [0.25, 0.3) is 0 Å². The van der Waals surface area contributed by atoms with Crippen LogP contribution in [-0.2, 0) is 29.0 Å². The molecule has 1 N–H and O–H groups in total. The summed E-state index contributed by atoms with van der Waals surface area (Å²) >= 11 is 0. The molecule has 0 rings (SSSR count). The van der Waals surface area contributed by atoms with Crippen molar-refractivity contribution in [3.05, 3.63) is 34.9 Å². The van der Waals surface area contributed by atoms with Gasteiger partial charge in [0.15, 0.2) is 0 Å². The molecule has 0 fully saturated rings. The number of ether oxygens (including phenoxy) is 2. The number of carbonyl (C=O) groups is 1. The maximum Gasteiger partial charge on any atom is 0.307 e. The van der Waals surface area contributed by atoms with E-state index in [4.69, 9.17) is 9.47 Å². The van der Waals surface area contributed by atoms with E-state index in [2.05, 4.69) is 32.9 Å². The van der Waals surface area contributed by atoms with Gasteiger partial charge in [-0.1, -0.05) is 41.9 Å². The van der Waals surface area contributed by atoms with Gasteiger partial charge in [0.25, 0.3) is 0 Å². The van der Waals surface area contributed by atoms with Gasteiger partial charge in [0.1, 0.15) is 8.46 Å². The van der Waals surface area contributed by atoms with Gasteiger partial charge in [0, 0.05) is 12.8 Å². The molecule has 0 saturated heterocycles. The normalized spacial score (nSPS) is 16.1. The van der Waals surface area contributed by atoms with Crippen LogP contribution in [0.4, 0.5) is 0 Å². The third-order valence-corrected chi connectivity index (χ3v) is 8.05. The van der Waals surface area contributed by atoms with E-state index in [1.807, 2.05) is 13.0 Å². The predicted molar refractivity (Wildman–Crippen MR) is 131 cm³/mol. The number of rotatable bonds is 16. The van der Waals surface area contributed by atoms with Crippen LogP contribution < -0.4 is 0 Å². The van der Waals surface area contributed by atoms with Crippen LogP contribution in [0.2, 0.25) is 0 Å². The summed E-state index contributed by atoms with van der Waals surface area (Å²) in [5.74, 6) is -0.581. The second-order valence-electron chi connectivity index (χ2n) is 8.29. The Hall–Kier alpha value is -1.21. The zero-order valence-electron chi connectivity index (χ0n) is 20.3. The second kappa shape index (κ2) is 15.6. The fraction of sp³-hybridized carbons (Fsp3) is 0.696. The van der Waals surface area contributed by atoms with Crippen molar-refractivity contribution in [3.63, 3.8) is 0 Å². The number of carbonyl (C=O) groups excluding carboxylic acids is 1. The smallest absolute Gasteiger partial charge is 0.307 e. The Bertz CT molecular complexity index is 795. The molecule has 0 aromatic heterocycles. The molecule has 0 spiro atoms. The molecule has 0 aliphatic rings. The summed E-state index contributed by atoms with van der Waals surface area (Å²) in [5.41, 5.74) is 3.87. The summed E-state index contributed by atoms with van der Waals surface area (Å²) < 4.78 is 53.2. The Kier molecular flexibility index (Phi) is 15.0. The fourth-order valence-electron chi connectivity index (χ4n) is 3.01. The van der Waals surface area contributed by atoms with Gasteiger partial charge in [-0.2, -0.15) is 8.42 Å². The van der Waals surface area contributed by atoms with Gasteiger partial charge in [-0.15, -0.1) is 0 Å². The lowest BCUT2D eigenvalue weighted by molar-refractivity contribution is -0.182. The van der Waals surface area contributed by atoms with Gasteiger partial charge < -0.3 is 14.0 Å². The van der Waals surface area contributed by atoms with Crippen molar-refractivity contribution >= 4 is 24.5 Å². The molecule has 0 aliphatic carbocycles. The molecular weight excluding hydrogens is 451 g/mol.